The summed E-state index contributed by atoms with van der Waals surface area (Å²) in [6, 6.07) is 0. The van der Waals surface area contributed by atoms with Crippen LogP contribution in [-0.4, -0.2) is 35.1 Å². The van der Waals surface area contributed by atoms with E-state index >= 15 is 0 Å². The van der Waals surface area contributed by atoms with Gasteiger partial charge in [0, 0.05) is 0 Å². The summed E-state index contributed by atoms with van der Waals surface area (Å²) < 4.78 is 4.77. The fourth-order valence-electron chi connectivity index (χ4n) is 0.653. The van der Waals surface area contributed by atoms with Gasteiger partial charge in [0.1, 0.15) is 11.7 Å². The summed E-state index contributed by atoms with van der Waals surface area (Å²) in [7, 11) is 0. The van der Waals surface area contributed by atoms with Crippen LogP contribution in [0.15, 0.2) is 0 Å². The lowest BCUT2D eigenvalue weighted by Crippen LogP contribution is -2.37. The van der Waals surface area contributed by atoms with Gasteiger partial charge in [0.15, 0.2) is 0 Å². The third kappa shape index (κ3) is 0.844. The highest BCUT2D eigenvalue weighted by molar-refractivity contribution is 4.85. The predicted molar refractivity (Wildman–Crippen MR) is 27.4 cm³/mol. The molecule has 0 spiro atoms. The third-order valence-electron chi connectivity index (χ3n) is 1.39. The van der Waals surface area contributed by atoms with Gasteiger partial charge in [-0.05, 0) is 6.92 Å². The van der Waals surface area contributed by atoms with Gasteiger partial charge < -0.3 is 14.9 Å². The standard InChI is InChI=1S/C5H10O3/c1-5(7)3-8-2-4(5)6/h4,6-7H,2-3H2,1H3/t4-,5+/m1/s1. The molecule has 48 valence electrons. The molecule has 0 aromatic carbocycles. The van der Waals surface area contributed by atoms with Crippen LogP contribution in [0.2, 0.25) is 0 Å². The zero-order valence-electron chi connectivity index (χ0n) is 4.79. The van der Waals surface area contributed by atoms with Gasteiger partial charge >= 0.3 is 0 Å². The summed E-state index contributed by atoms with van der Waals surface area (Å²) in [4.78, 5) is 0. The van der Waals surface area contributed by atoms with E-state index in [-0.39, 0.29) is 13.2 Å². The fraction of sp³-hybridized carbons (Fsp3) is 1.00. The van der Waals surface area contributed by atoms with Gasteiger partial charge in [0.2, 0.25) is 0 Å². The Labute approximate surface area is 47.9 Å². The van der Waals surface area contributed by atoms with E-state index in [1.807, 2.05) is 0 Å². The molecule has 1 aliphatic heterocycles. The minimum absolute atomic E-state index is 0.244. The molecule has 1 rings (SSSR count). The number of hydrogen-bond donors (Lipinski definition) is 2. The van der Waals surface area contributed by atoms with Gasteiger partial charge in [0.25, 0.3) is 0 Å². The molecule has 0 bridgehead atoms. The molecule has 0 amide bonds. The molecule has 3 nitrogen and oxygen atoms in total. The highest BCUT2D eigenvalue weighted by Gasteiger charge is 2.36. The van der Waals surface area contributed by atoms with Crippen LogP contribution in [0.25, 0.3) is 0 Å². The Kier molecular flexibility index (Phi) is 1.27. The van der Waals surface area contributed by atoms with Crippen molar-refractivity contribution in [1.29, 1.82) is 0 Å². The van der Waals surface area contributed by atoms with Gasteiger partial charge in [-0.3, -0.25) is 0 Å². The summed E-state index contributed by atoms with van der Waals surface area (Å²) >= 11 is 0. The van der Waals surface area contributed by atoms with Crippen molar-refractivity contribution < 1.29 is 14.9 Å². The largest absolute Gasteiger partial charge is 0.388 e. The van der Waals surface area contributed by atoms with Crippen molar-refractivity contribution in [2.24, 2.45) is 0 Å². The summed E-state index contributed by atoms with van der Waals surface area (Å²) in [6.07, 6.45) is -0.706. The third-order valence-corrected chi connectivity index (χ3v) is 1.39. The normalized spacial score (nSPS) is 47.6. The first-order chi connectivity index (χ1) is 3.63. The van der Waals surface area contributed by atoms with Crippen molar-refractivity contribution in [2.45, 2.75) is 18.6 Å². The number of rotatable bonds is 0. The summed E-state index contributed by atoms with van der Waals surface area (Å²) in [5.74, 6) is 0. The Morgan fingerprint density at radius 1 is 1.75 bits per heavy atom. The smallest absolute Gasteiger partial charge is 0.113 e. The molecule has 0 aromatic heterocycles. The Hall–Kier alpha value is -0.120. The highest BCUT2D eigenvalue weighted by Crippen LogP contribution is 2.16. The molecule has 1 heterocycles. The van der Waals surface area contributed by atoms with E-state index in [4.69, 9.17) is 14.9 Å². The molecule has 2 N–H and O–H groups in total. The van der Waals surface area contributed by atoms with Gasteiger partial charge in [-0.15, -0.1) is 0 Å². The van der Waals surface area contributed by atoms with Crippen LogP contribution in [0.1, 0.15) is 6.92 Å². The fourth-order valence-corrected chi connectivity index (χ4v) is 0.653. The molecule has 8 heavy (non-hydrogen) atoms. The SMILES string of the molecule is C[C@]1(O)COC[C@H]1O. The molecule has 0 unspecified atom stereocenters. The van der Waals surface area contributed by atoms with Crippen LogP contribution in [0, 0.1) is 0 Å². The van der Waals surface area contributed by atoms with Crippen LogP contribution in [0.5, 0.6) is 0 Å². The van der Waals surface area contributed by atoms with E-state index in [1.54, 1.807) is 6.92 Å². The quantitative estimate of drug-likeness (QED) is 0.434. The van der Waals surface area contributed by atoms with Crippen LogP contribution in [0.4, 0.5) is 0 Å². The minimum atomic E-state index is -1.01. The van der Waals surface area contributed by atoms with E-state index in [0.29, 0.717) is 0 Å². The number of ether oxygens (including phenoxy) is 1. The van der Waals surface area contributed by atoms with Gasteiger partial charge in [-0.1, -0.05) is 0 Å². The Bertz CT molecular complexity index is 89.7. The van der Waals surface area contributed by atoms with Gasteiger partial charge in [-0.2, -0.15) is 0 Å². The average molecular weight is 118 g/mol. The average Bonchev–Trinajstić information content (AvgIpc) is 1.86. The maximum absolute atomic E-state index is 9.09. The minimum Gasteiger partial charge on any atom is -0.388 e. The van der Waals surface area contributed by atoms with Crippen LogP contribution < -0.4 is 0 Å². The van der Waals surface area contributed by atoms with E-state index in [2.05, 4.69) is 0 Å². The van der Waals surface area contributed by atoms with Crippen molar-refractivity contribution in [3.63, 3.8) is 0 Å². The molecule has 1 saturated heterocycles. The maximum Gasteiger partial charge on any atom is 0.113 e. The van der Waals surface area contributed by atoms with Crippen LogP contribution in [-0.2, 0) is 4.74 Å². The molecule has 0 aliphatic carbocycles. The molecule has 3 heteroatoms. The van der Waals surface area contributed by atoms with Crippen molar-refractivity contribution in [2.75, 3.05) is 13.2 Å². The predicted octanol–water partition coefficient (Wildman–Crippen LogP) is -0.872. The molecule has 2 atom stereocenters. The first kappa shape index (κ1) is 6.01. The van der Waals surface area contributed by atoms with Crippen molar-refractivity contribution in [3.8, 4) is 0 Å². The number of aliphatic hydroxyl groups is 2. The van der Waals surface area contributed by atoms with E-state index in [0.717, 1.165) is 0 Å². The number of hydrogen-bond acceptors (Lipinski definition) is 3. The summed E-state index contributed by atoms with van der Waals surface area (Å²) in [6.45, 7) is 2.06. The first-order valence-electron chi connectivity index (χ1n) is 2.61. The first-order valence-corrected chi connectivity index (χ1v) is 2.61. The molecule has 0 radical (unpaired) electrons. The van der Waals surface area contributed by atoms with Gasteiger partial charge in [0.05, 0.1) is 13.2 Å². The lowest BCUT2D eigenvalue weighted by Gasteiger charge is -2.16. The Morgan fingerprint density at radius 2 is 2.38 bits per heavy atom. The lowest BCUT2D eigenvalue weighted by molar-refractivity contribution is -0.0274. The monoisotopic (exact) mass is 118 g/mol. The second-order valence-corrected chi connectivity index (χ2v) is 2.39. The van der Waals surface area contributed by atoms with Crippen LogP contribution >= 0.6 is 0 Å². The summed E-state index contributed by atoms with van der Waals surface area (Å²) in [5.41, 5.74) is -1.01. The molecule has 0 aromatic rings. The lowest BCUT2D eigenvalue weighted by atomic mass is 10.0. The second kappa shape index (κ2) is 1.69. The Balaban J connectivity index is 2.54. The summed E-state index contributed by atoms with van der Waals surface area (Å²) in [5, 5.41) is 18.0. The molecule has 1 aliphatic rings. The maximum atomic E-state index is 9.09. The van der Waals surface area contributed by atoms with E-state index in [9.17, 15) is 0 Å². The van der Waals surface area contributed by atoms with E-state index < -0.39 is 11.7 Å². The van der Waals surface area contributed by atoms with Crippen molar-refractivity contribution in [3.05, 3.63) is 0 Å². The van der Waals surface area contributed by atoms with Crippen molar-refractivity contribution >= 4 is 0 Å². The number of aliphatic hydroxyl groups excluding tert-OH is 1. The van der Waals surface area contributed by atoms with Gasteiger partial charge in [-0.25, -0.2) is 0 Å². The molecule has 0 saturated carbocycles. The molecular weight excluding hydrogens is 108 g/mol. The zero-order valence-corrected chi connectivity index (χ0v) is 4.79. The van der Waals surface area contributed by atoms with Crippen molar-refractivity contribution in [1.82, 2.24) is 0 Å². The zero-order chi connectivity index (χ0) is 6.20. The highest BCUT2D eigenvalue weighted by atomic mass is 16.5. The van der Waals surface area contributed by atoms with E-state index in [1.165, 1.54) is 0 Å². The van der Waals surface area contributed by atoms with Crippen LogP contribution in [0.3, 0.4) is 0 Å². The molecule has 1 fully saturated rings. The topological polar surface area (TPSA) is 49.7 Å². The second-order valence-electron chi connectivity index (χ2n) is 2.39. The Morgan fingerprint density at radius 3 is 2.50 bits per heavy atom. The molecular formula is C5H10O3.